The minimum Gasteiger partial charge on any atom is -0.478 e. The van der Waals surface area contributed by atoms with E-state index >= 15 is 0 Å². The van der Waals surface area contributed by atoms with Gasteiger partial charge in [0.15, 0.2) is 0 Å². The zero-order valence-corrected chi connectivity index (χ0v) is 11.8. The summed E-state index contributed by atoms with van der Waals surface area (Å²) in [6, 6.07) is 8.01. The van der Waals surface area contributed by atoms with E-state index in [1.807, 2.05) is 30.5 Å². The predicted molar refractivity (Wildman–Crippen MR) is 84.2 cm³/mol. The van der Waals surface area contributed by atoms with Crippen LogP contribution in [0, 0.1) is 0 Å². The SMILES string of the molecule is C=N/C=C\C(C(=O)O)=C(/C)NCc1cccc2cc[nH]c12. The van der Waals surface area contributed by atoms with Gasteiger partial charge in [-0.1, -0.05) is 18.2 Å². The van der Waals surface area contributed by atoms with Crippen molar-refractivity contribution in [3.8, 4) is 0 Å². The molecule has 0 aliphatic rings. The summed E-state index contributed by atoms with van der Waals surface area (Å²) >= 11 is 0. The fourth-order valence-corrected chi connectivity index (χ4v) is 2.10. The molecule has 1 aromatic carbocycles. The Labute approximate surface area is 122 Å². The fourth-order valence-electron chi connectivity index (χ4n) is 2.10. The number of H-pyrrole nitrogens is 1. The maximum Gasteiger partial charge on any atom is 0.337 e. The molecule has 0 bridgehead atoms. The number of nitrogens with zero attached hydrogens (tertiary/aromatic N) is 1. The van der Waals surface area contributed by atoms with Crippen LogP contribution in [-0.4, -0.2) is 22.8 Å². The molecule has 1 heterocycles. The minimum absolute atomic E-state index is 0.168. The van der Waals surface area contributed by atoms with Crippen molar-refractivity contribution in [1.29, 1.82) is 0 Å². The summed E-state index contributed by atoms with van der Waals surface area (Å²) in [5.74, 6) is -1.00. The third kappa shape index (κ3) is 3.39. The van der Waals surface area contributed by atoms with Crippen LogP contribution < -0.4 is 5.32 Å². The number of carboxylic acids is 1. The van der Waals surface area contributed by atoms with E-state index in [4.69, 9.17) is 0 Å². The Bertz CT molecular complexity index is 726. The van der Waals surface area contributed by atoms with Gasteiger partial charge in [-0.15, -0.1) is 0 Å². The Hall–Kier alpha value is -2.82. The molecule has 5 heteroatoms. The van der Waals surface area contributed by atoms with Crippen LogP contribution in [0.4, 0.5) is 0 Å². The Morgan fingerprint density at radius 1 is 1.48 bits per heavy atom. The summed E-state index contributed by atoms with van der Waals surface area (Å²) in [6.45, 7) is 5.56. The lowest BCUT2D eigenvalue weighted by Gasteiger charge is -2.10. The van der Waals surface area contributed by atoms with Gasteiger partial charge < -0.3 is 15.4 Å². The number of nitrogens with one attached hydrogen (secondary N) is 2. The molecule has 0 atom stereocenters. The van der Waals surface area contributed by atoms with Crippen LogP contribution >= 0.6 is 0 Å². The number of allylic oxidation sites excluding steroid dienone is 1. The molecule has 3 N–H and O–H groups in total. The molecule has 0 spiro atoms. The zero-order valence-electron chi connectivity index (χ0n) is 11.8. The molecule has 2 rings (SSSR count). The second kappa shape index (κ2) is 6.56. The lowest BCUT2D eigenvalue weighted by Crippen LogP contribution is -2.15. The van der Waals surface area contributed by atoms with Gasteiger partial charge in [0.1, 0.15) is 0 Å². The number of benzene rings is 1. The molecule has 0 amide bonds. The summed E-state index contributed by atoms with van der Waals surface area (Å²) in [6.07, 6.45) is 4.67. The smallest absolute Gasteiger partial charge is 0.337 e. The number of aromatic amines is 1. The molecule has 1 aromatic heterocycles. The van der Waals surface area contributed by atoms with Gasteiger partial charge in [0.05, 0.1) is 11.1 Å². The molecule has 0 saturated heterocycles. The highest BCUT2D eigenvalue weighted by Gasteiger charge is 2.08. The number of hydrogen-bond donors (Lipinski definition) is 3. The summed E-state index contributed by atoms with van der Waals surface area (Å²) in [4.78, 5) is 17.9. The van der Waals surface area contributed by atoms with Crippen LogP contribution in [0.15, 0.2) is 59.0 Å². The van der Waals surface area contributed by atoms with Gasteiger partial charge in [-0.05, 0) is 36.7 Å². The molecular formula is C16H17N3O2. The van der Waals surface area contributed by atoms with E-state index in [0.29, 0.717) is 12.2 Å². The topological polar surface area (TPSA) is 77.5 Å². The Balaban J connectivity index is 2.21. The Morgan fingerprint density at radius 2 is 2.29 bits per heavy atom. The number of para-hydroxylation sites is 1. The van der Waals surface area contributed by atoms with E-state index in [-0.39, 0.29) is 5.57 Å². The maximum absolute atomic E-state index is 11.2. The second-order valence-corrected chi connectivity index (χ2v) is 4.55. The van der Waals surface area contributed by atoms with Crippen LogP contribution in [-0.2, 0) is 11.3 Å². The van der Waals surface area contributed by atoms with Crippen LogP contribution in [0.5, 0.6) is 0 Å². The largest absolute Gasteiger partial charge is 0.478 e. The maximum atomic E-state index is 11.2. The van der Waals surface area contributed by atoms with Crippen molar-refractivity contribution >= 4 is 23.6 Å². The van der Waals surface area contributed by atoms with Gasteiger partial charge in [-0.2, -0.15) is 0 Å². The highest BCUT2D eigenvalue weighted by atomic mass is 16.4. The number of aromatic nitrogens is 1. The number of carboxylic acid groups (broad SMARTS) is 1. The Morgan fingerprint density at radius 3 is 3.00 bits per heavy atom. The number of rotatable bonds is 6. The molecule has 0 unspecified atom stereocenters. The molecule has 0 radical (unpaired) electrons. The molecule has 0 saturated carbocycles. The van der Waals surface area contributed by atoms with Gasteiger partial charge in [0.2, 0.25) is 0 Å². The van der Waals surface area contributed by atoms with Crippen LogP contribution in [0.3, 0.4) is 0 Å². The third-order valence-electron chi connectivity index (χ3n) is 3.20. The van der Waals surface area contributed by atoms with Gasteiger partial charge in [-0.25, -0.2) is 4.79 Å². The molecule has 0 aliphatic heterocycles. The van der Waals surface area contributed by atoms with E-state index in [2.05, 4.69) is 22.0 Å². The van der Waals surface area contributed by atoms with Gasteiger partial charge in [0.25, 0.3) is 0 Å². The standard InChI is InChI=1S/C16H17N3O2/c1-11(14(16(20)21)7-8-17-2)19-10-13-5-3-4-12-6-9-18-15(12)13/h3-9,18-19H,2,10H2,1H3,(H,20,21)/b8-7-,14-11-. The van der Waals surface area contributed by atoms with Crippen LogP contribution in [0.25, 0.3) is 10.9 Å². The first-order valence-corrected chi connectivity index (χ1v) is 6.49. The van der Waals surface area contributed by atoms with Crippen molar-refractivity contribution in [3.05, 3.63) is 59.6 Å². The van der Waals surface area contributed by atoms with Crippen molar-refractivity contribution in [3.63, 3.8) is 0 Å². The normalized spacial score (nSPS) is 12.4. The van der Waals surface area contributed by atoms with E-state index in [9.17, 15) is 9.90 Å². The lowest BCUT2D eigenvalue weighted by atomic mass is 10.1. The second-order valence-electron chi connectivity index (χ2n) is 4.55. The van der Waals surface area contributed by atoms with Crippen molar-refractivity contribution in [1.82, 2.24) is 10.3 Å². The summed E-state index contributed by atoms with van der Waals surface area (Å²) in [5, 5.41) is 13.5. The Kier molecular flexibility index (Phi) is 4.56. The lowest BCUT2D eigenvalue weighted by molar-refractivity contribution is -0.132. The highest BCUT2D eigenvalue weighted by Crippen LogP contribution is 2.17. The molecule has 21 heavy (non-hydrogen) atoms. The first kappa shape index (κ1) is 14.6. The molecule has 0 aliphatic carbocycles. The van der Waals surface area contributed by atoms with Crippen molar-refractivity contribution in [2.24, 2.45) is 4.99 Å². The fraction of sp³-hybridized carbons (Fsp3) is 0.125. The quantitative estimate of drug-likeness (QED) is 0.433. The van der Waals surface area contributed by atoms with Crippen LogP contribution in [0.1, 0.15) is 12.5 Å². The highest BCUT2D eigenvalue weighted by molar-refractivity contribution is 5.90. The number of aliphatic carboxylic acids is 1. The van der Waals surface area contributed by atoms with E-state index in [0.717, 1.165) is 16.5 Å². The number of hydrogen-bond acceptors (Lipinski definition) is 3. The summed E-state index contributed by atoms with van der Waals surface area (Å²) in [5.41, 5.74) is 2.87. The predicted octanol–water partition coefficient (Wildman–Crippen LogP) is 2.83. The van der Waals surface area contributed by atoms with E-state index < -0.39 is 5.97 Å². The zero-order chi connectivity index (χ0) is 15.2. The van der Waals surface area contributed by atoms with Crippen molar-refractivity contribution in [2.45, 2.75) is 13.5 Å². The minimum atomic E-state index is -1.00. The van der Waals surface area contributed by atoms with E-state index in [1.165, 1.54) is 12.3 Å². The number of fused-ring (bicyclic) bond motifs is 1. The molecule has 2 aromatic rings. The summed E-state index contributed by atoms with van der Waals surface area (Å²) < 4.78 is 0. The molecule has 5 nitrogen and oxygen atoms in total. The van der Waals surface area contributed by atoms with Gasteiger partial charge >= 0.3 is 5.97 Å². The average molecular weight is 283 g/mol. The van der Waals surface area contributed by atoms with E-state index in [1.54, 1.807) is 6.92 Å². The summed E-state index contributed by atoms with van der Waals surface area (Å²) in [7, 11) is 0. The number of aliphatic imine (C=N–C) groups is 1. The molecular weight excluding hydrogens is 266 g/mol. The van der Waals surface area contributed by atoms with Gasteiger partial charge in [-0.3, -0.25) is 4.99 Å². The van der Waals surface area contributed by atoms with Crippen molar-refractivity contribution in [2.75, 3.05) is 0 Å². The molecule has 108 valence electrons. The van der Waals surface area contributed by atoms with Gasteiger partial charge in [0, 0.05) is 24.6 Å². The third-order valence-corrected chi connectivity index (χ3v) is 3.20. The first-order valence-electron chi connectivity index (χ1n) is 6.49. The van der Waals surface area contributed by atoms with Crippen LogP contribution in [0.2, 0.25) is 0 Å². The van der Waals surface area contributed by atoms with Crippen molar-refractivity contribution < 1.29 is 9.90 Å². The number of carbonyl (C=O) groups is 1. The monoisotopic (exact) mass is 283 g/mol. The average Bonchev–Trinajstić information content (AvgIpc) is 2.94. The first-order chi connectivity index (χ1) is 10.1. The molecule has 0 fully saturated rings.